The molecule has 2 N–H and O–H groups in total. The first-order chi connectivity index (χ1) is 17.4. The molecule has 1 aliphatic carbocycles. The smallest absolute Gasteiger partial charge is 0.405 e. The number of rotatable bonds is 6. The third-order valence-corrected chi connectivity index (χ3v) is 7.33. The fourth-order valence-corrected chi connectivity index (χ4v) is 5.22. The summed E-state index contributed by atoms with van der Waals surface area (Å²) < 4.78 is 14.1. The van der Waals surface area contributed by atoms with E-state index in [2.05, 4.69) is 16.3 Å². The number of likely N-dealkylation sites (tertiary alicyclic amines) is 2. The molecule has 2 aromatic rings. The van der Waals surface area contributed by atoms with Crippen LogP contribution in [0.4, 0.5) is 9.18 Å². The fraction of sp³-hybridized carbons (Fsp3) is 0.444. The molecule has 3 fully saturated rings. The van der Waals surface area contributed by atoms with E-state index in [0.29, 0.717) is 37.3 Å². The Morgan fingerprint density at radius 3 is 2.28 bits per heavy atom. The van der Waals surface area contributed by atoms with E-state index in [1.807, 2.05) is 30.3 Å². The second-order valence-corrected chi connectivity index (χ2v) is 10.1. The molecule has 2 saturated heterocycles. The maximum absolute atomic E-state index is 14.1. The van der Waals surface area contributed by atoms with Crippen molar-refractivity contribution in [2.45, 2.75) is 25.3 Å². The molecular formula is C27H30ClFN4O3. The van der Waals surface area contributed by atoms with E-state index >= 15 is 0 Å². The van der Waals surface area contributed by atoms with Crippen LogP contribution in [-0.4, -0.2) is 59.6 Å². The first kappa shape index (κ1) is 25.9. The molecule has 1 saturated carbocycles. The van der Waals surface area contributed by atoms with Crippen LogP contribution < -0.4 is 5.32 Å². The third-order valence-electron chi connectivity index (χ3n) is 7.02. The highest BCUT2D eigenvalue weighted by Crippen LogP contribution is 2.33. The van der Waals surface area contributed by atoms with Crippen LogP contribution in [0.5, 0.6) is 0 Å². The second-order valence-electron chi connectivity index (χ2n) is 9.69. The number of carbonyl (C=O) groups excluding carboxylic acids is 1. The molecule has 190 valence electrons. The lowest BCUT2D eigenvalue weighted by atomic mass is 10.0. The van der Waals surface area contributed by atoms with Gasteiger partial charge in [0.2, 0.25) is 0 Å². The van der Waals surface area contributed by atoms with Gasteiger partial charge in [-0.2, -0.15) is 5.26 Å². The maximum Gasteiger partial charge on any atom is 0.405 e. The molecule has 3 atom stereocenters. The summed E-state index contributed by atoms with van der Waals surface area (Å²) in [5, 5.41) is 19.9. The van der Waals surface area contributed by atoms with Gasteiger partial charge in [-0.25, -0.2) is 9.18 Å². The summed E-state index contributed by atoms with van der Waals surface area (Å²) in [5.74, 6) is 0.164. The van der Waals surface area contributed by atoms with Crippen molar-refractivity contribution in [3.05, 3.63) is 70.5 Å². The number of hydrogen-bond donors (Lipinski definition) is 2. The van der Waals surface area contributed by atoms with Gasteiger partial charge in [0.15, 0.2) is 0 Å². The van der Waals surface area contributed by atoms with E-state index in [0.717, 1.165) is 38.0 Å². The van der Waals surface area contributed by atoms with Crippen molar-refractivity contribution in [1.29, 1.82) is 5.26 Å². The van der Waals surface area contributed by atoms with Crippen LogP contribution in [0.15, 0.2) is 48.5 Å². The second kappa shape index (κ2) is 11.7. The zero-order valence-corrected chi connectivity index (χ0v) is 20.7. The van der Waals surface area contributed by atoms with Crippen LogP contribution in [0.1, 0.15) is 41.2 Å². The van der Waals surface area contributed by atoms with Gasteiger partial charge in [0.05, 0.1) is 22.7 Å². The standard InChI is InChI=1S/C23H25ClFN3O3.C4H5N/c24-18-7-4-8-19(25)21(18)22(29)28-13-16-11-27(12-17(16)14-28)10-9-20(26-23(30)31)15-5-2-1-3-6-15;5-3-4-1-2-4/h1-8,16-17,20,26H,9-14H2,(H,30,31);4H,1-2H2/t16-,17?,20?;/m0./s1. The summed E-state index contributed by atoms with van der Waals surface area (Å²) in [6.07, 6.45) is 1.93. The van der Waals surface area contributed by atoms with Gasteiger partial charge in [0.1, 0.15) is 5.82 Å². The first-order valence-electron chi connectivity index (χ1n) is 12.2. The number of benzene rings is 2. The predicted molar refractivity (Wildman–Crippen MR) is 134 cm³/mol. The van der Waals surface area contributed by atoms with E-state index < -0.39 is 11.9 Å². The van der Waals surface area contributed by atoms with Gasteiger partial charge in [-0.3, -0.25) is 4.79 Å². The number of nitrogens with one attached hydrogen (secondary N) is 1. The minimum Gasteiger partial charge on any atom is -0.465 e. The first-order valence-corrected chi connectivity index (χ1v) is 12.6. The zero-order valence-electron chi connectivity index (χ0n) is 19.9. The number of halogens is 2. The molecule has 0 spiro atoms. The molecule has 7 nitrogen and oxygen atoms in total. The van der Waals surface area contributed by atoms with Crippen molar-refractivity contribution < 1.29 is 19.1 Å². The Hall–Kier alpha value is -3.15. The molecule has 2 aromatic carbocycles. The maximum atomic E-state index is 14.1. The number of nitriles is 1. The monoisotopic (exact) mass is 512 g/mol. The Balaban J connectivity index is 0.000000543. The SMILES string of the molecule is N#CC1CC1.O=C(O)NC(CCN1CC2CN(C(=O)c3c(F)cccc3Cl)C[C@@H]2C1)c1ccccc1. The largest absolute Gasteiger partial charge is 0.465 e. The normalized spacial score (nSPS) is 21.6. The summed E-state index contributed by atoms with van der Waals surface area (Å²) in [7, 11) is 0. The van der Waals surface area contributed by atoms with Crippen LogP contribution >= 0.6 is 11.6 Å². The highest BCUT2D eigenvalue weighted by molar-refractivity contribution is 6.33. The van der Waals surface area contributed by atoms with Gasteiger partial charge in [0, 0.05) is 38.6 Å². The highest BCUT2D eigenvalue weighted by Gasteiger charge is 2.42. The van der Waals surface area contributed by atoms with Crippen LogP contribution in [0.25, 0.3) is 0 Å². The quantitative estimate of drug-likeness (QED) is 0.579. The Kier molecular flexibility index (Phi) is 8.44. The average molecular weight is 513 g/mol. The van der Waals surface area contributed by atoms with Crippen molar-refractivity contribution in [3.63, 3.8) is 0 Å². The predicted octanol–water partition coefficient (Wildman–Crippen LogP) is 4.80. The highest BCUT2D eigenvalue weighted by atomic mass is 35.5. The molecule has 0 aromatic heterocycles. The summed E-state index contributed by atoms with van der Waals surface area (Å²) in [4.78, 5) is 28.0. The third kappa shape index (κ3) is 6.54. The van der Waals surface area contributed by atoms with Gasteiger partial charge in [-0.15, -0.1) is 0 Å². The molecule has 5 rings (SSSR count). The number of hydrogen-bond acceptors (Lipinski definition) is 4. The van der Waals surface area contributed by atoms with E-state index in [9.17, 15) is 19.1 Å². The Bertz CT molecular complexity index is 1090. The molecular weight excluding hydrogens is 483 g/mol. The lowest BCUT2D eigenvalue weighted by Crippen LogP contribution is -2.35. The zero-order chi connectivity index (χ0) is 25.7. The Morgan fingerprint density at radius 2 is 1.75 bits per heavy atom. The van der Waals surface area contributed by atoms with Crippen molar-refractivity contribution in [2.75, 3.05) is 32.7 Å². The van der Waals surface area contributed by atoms with E-state index in [1.165, 1.54) is 18.2 Å². The molecule has 36 heavy (non-hydrogen) atoms. The van der Waals surface area contributed by atoms with Gasteiger partial charge in [-0.1, -0.05) is 48.0 Å². The number of fused-ring (bicyclic) bond motifs is 1. The van der Waals surface area contributed by atoms with Crippen LogP contribution in [0.3, 0.4) is 0 Å². The Morgan fingerprint density at radius 1 is 1.08 bits per heavy atom. The van der Waals surface area contributed by atoms with Crippen LogP contribution in [0, 0.1) is 34.9 Å². The minimum atomic E-state index is -1.03. The number of nitrogens with zero attached hydrogens (tertiary/aromatic N) is 3. The van der Waals surface area contributed by atoms with Gasteiger partial charge in [-0.05, 0) is 48.8 Å². The van der Waals surface area contributed by atoms with Crippen molar-refractivity contribution >= 4 is 23.6 Å². The molecule has 0 bridgehead atoms. The van der Waals surface area contributed by atoms with Crippen molar-refractivity contribution in [3.8, 4) is 6.07 Å². The Labute approximate surface area is 215 Å². The lowest BCUT2D eigenvalue weighted by molar-refractivity contribution is 0.0769. The number of carboxylic acid groups (broad SMARTS) is 1. The van der Waals surface area contributed by atoms with E-state index in [-0.39, 0.29) is 22.5 Å². The van der Waals surface area contributed by atoms with Crippen LogP contribution in [0.2, 0.25) is 5.02 Å². The van der Waals surface area contributed by atoms with Crippen molar-refractivity contribution in [2.24, 2.45) is 17.8 Å². The molecule has 2 unspecified atom stereocenters. The molecule has 2 aliphatic heterocycles. The molecule has 9 heteroatoms. The number of amides is 2. The summed E-state index contributed by atoms with van der Waals surface area (Å²) >= 11 is 6.06. The van der Waals surface area contributed by atoms with Crippen LogP contribution in [-0.2, 0) is 0 Å². The fourth-order valence-electron chi connectivity index (χ4n) is 4.98. The minimum absolute atomic E-state index is 0.0496. The summed E-state index contributed by atoms with van der Waals surface area (Å²) in [6.45, 7) is 3.61. The summed E-state index contributed by atoms with van der Waals surface area (Å²) in [6, 6.07) is 15.7. The molecule has 2 heterocycles. The summed E-state index contributed by atoms with van der Waals surface area (Å²) in [5.41, 5.74) is 0.897. The van der Waals surface area contributed by atoms with Crippen molar-refractivity contribution in [1.82, 2.24) is 15.1 Å². The lowest BCUT2D eigenvalue weighted by Gasteiger charge is -2.24. The average Bonchev–Trinajstić information content (AvgIpc) is 3.51. The van der Waals surface area contributed by atoms with Gasteiger partial charge >= 0.3 is 6.09 Å². The van der Waals surface area contributed by atoms with Gasteiger partial charge < -0.3 is 20.2 Å². The molecule has 0 radical (unpaired) electrons. The topological polar surface area (TPSA) is 96.7 Å². The van der Waals surface area contributed by atoms with E-state index in [4.69, 9.17) is 16.9 Å². The number of carbonyl (C=O) groups is 2. The van der Waals surface area contributed by atoms with E-state index in [1.54, 1.807) is 4.90 Å². The van der Waals surface area contributed by atoms with Gasteiger partial charge in [0.25, 0.3) is 5.91 Å². The molecule has 3 aliphatic rings. The molecule has 2 amide bonds.